The van der Waals surface area contributed by atoms with E-state index in [0.717, 1.165) is 22.0 Å². The lowest BCUT2D eigenvalue weighted by Gasteiger charge is -2.23. The van der Waals surface area contributed by atoms with Gasteiger partial charge in [-0.3, -0.25) is 9.59 Å². The molecule has 0 bridgehead atoms. The fraction of sp³-hybridized carbons (Fsp3) is 0.500. The van der Waals surface area contributed by atoms with E-state index in [1.807, 2.05) is 30.3 Å². The maximum absolute atomic E-state index is 13.0. The van der Waals surface area contributed by atoms with Gasteiger partial charge in [-0.15, -0.1) is 0 Å². The Morgan fingerprint density at radius 2 is 1.96 bits per heavy atom. The van der Waals surface area contributed by atoms with E-state index >= 15 is 0 Å². The van der Waals surface area contributed by atoms with Crippen LogP contribution in [-0.2, 0) is 20.7 Å². The van der Waals surface area contributed by atoms with Crippen molar-refractivity contribution in [1.29, 1.82) is 0 Å². The first-order chi connectivity index (χ1) is 10.8. The number of hydrogen-bond donors (Lipinski definition) is 0. The van der Waals surface area contributed by atoms with Crippen LogP contribution in [0.1, 0.15) is 26.3 Å². The Hall–Kier alpha value is -1.60. The third kappa shape index (κ3) is 4.94. The van der Waals surface area contributed by atoms with E-state index < -0.39 is 24.4 Å². The van der Waals surface area contributed by atoms with Gasteiger partial charge in [-0.25, -0.2) is 13.0 Å². The number of amides is 1. The SMILES string of the molecule is CC(C)(C)OC(=O)CN1SN(CF)C(=O)C1Cc1ccccc1. The van der Waals surface area contributed by atoms with Crippen molar-refractivity contribution in [2.45, 2.75) is 38.8 Å². The number of carbonyl (C=O) groups is 2. The molecule has 2 rings (SSSR count). The van der Waals surface area contributed by atoms with Crippen LogP contribution in [-0.4, -0.2) is 45.5 Å². The first kappa shape index (κ1) is 17.7. The fourth-order valence-electron chi connectivity index (χ4n) is 2.26. The van der Waals surface area contributed by atoms with Gasteiger partial charge < -0.3 is 4.74 Å². The molecule has 0 saturated carbocycles. The number of rotatable bonds is 5. The summed E-state index contributed by atoms with van der Waals surface area (Å²) in [6.07, 6.45) is 0.423. The van der Waals surface area contributed by atoms with Crippen LogP contribution >= 0.6 is 12.1 Å². The van der Waals surface area contributed by atoms with Crippen LogP contribution < -0.4 is 0 Å². The van der Waals surface area contributed by atoms with Crippen LogP contribution in [0, 0.1) is 0 Å². The molecule has 5 nitrogen and oxygen atoms in total. The number of alkyl halides is 1. The predicted molar refractivity (Wildman–Crippen MR) is 86.9 cm³/mol. The van der Waals surface area contributed by atoms with E-state index in [2.05, 4.69) is 0 Å². The van der Waals surface area contributed by atoms with Crippen molar-refractivity contribution in [3.05, 3.63) is 35.9 Å². The van der Waals surface area contributed by atoms with Gasteiger partial charge in [0.1, 0.15) is 18.2 Å². The molecular formula is C16H21FN2O3S. The smallest absolute Gasteiger partial charge is 0.321 e. The number of carbonyl (C=O) groups excluding carboxylic acids is 2. The van der Waals surface area contributed by atoms with E-state index in [4.69, 9.17) is 4.74 Å². The zero-order valence-corrected chi connectivity index (χ0v) is 14.3. The maximum Gasteiger partial charge on any atom is 0.321 e. The second kappa shape index (κ2) is 7.31. The van der Waals surface area contributed by atoms with Crippen molar-refractivity contribution in [2.24, 2.45) is 0 Å². The molecule has 1 aliphatic rings. The highest BCUT2D eigenvalue weighted by Crippen LogP contribution is 2.31. The van der Waals surface area contributed by atoms with Crippen molar-refractivity contribution in [3.63, 3.8) is 0 Å². The molecule has 1 amide bonds. The first-order valence-electron chi connectivity index (χ1n) is 7.38. The fourth-order valence-corrected chi connectivity index (χ4v) is 3.20. The Morgan fingerprint density at radius 1 is 1.30 bits per heavy atom. The molecular weight excluding hydrogens is 319 g/mol. The van der Waals surface area contributed by atoms with E-state index in [1.54, 1.807) is 25.1 Å². The van der Waals surface area contributed by atoms with Crippen LogP contribution in [0.4, 0.5) is 4.39 Å². The van der Waals surface area contributed by atoms with Gasteiger partial charge in [0, 0.05) is 12.1 Å². The Labute approximate surface area is 140 Å². The highest BCUT2D eigenvalue weighted by Gasteiger charge is 2.41. The number of hydrogen-bond acceptors (Lipinski definition) is 5. The summed E-state index contributed by atoms with van der Waals surface area (Å²) in [6, 6.07) is 8.88. The van der Waals surface area contributed by atoms with Crippen molar-refractivity contribution in [3.8, 4) is 0 Å². The van der Waals surface area contributed by atoms with Crippen LogP contribution in [0.2, 0.25) is 0 Å². The van der Waals surface area contributed by atoms with Gasteiger partial charge in [-0.2, -0.15) is 0 Å². The standard InChI is InChI=1S/C16H21FN2O3S/c1-16(2,3)22-14(20)10-18-13(15(21)19(11-17)23-18)9-12-7-5-4-6-8-12/h4-8,13H,9-11H2,1-3H3. The van der Waals surface area contributed by atoms with Crippen molar-refractivity contribution >= 4 is 24.0 Å². The minimum absolute atomic E-state index is 0.0678. The molecule has 1 fully saturated rings. The average molecular weight is 340 g/mol. The van der Waals surface area contributed by atoms with Gasteiger partial charge in [0.25, 0.3) is 5.91 Å². The number of nitrogens with zero attached hydrogens (tertiary/aromatic N) is 2. The van der Waals surface area contributed by atoms with E-state index in [9.17, 15) is 14.0 Å². The Bertz CT molecular complexity index is 562. The minimum atomic E-state index is -0.889. The second-order valence-electron chi connectivity index (χ2n) is 6.29. The zero-order chi connectivity index (χ0) is 17.0. The first-order valence-corrected chi connectivity index (χ1v) is 8.11. The molecule has 1 heterocycles. The predicted octanol–water partition coefficient (Wildman–Crippen LogP) is 2.57. The summed E-state index contributed by atoms with van der Waals surface area (Å²) in [4.78, 5) is 24.3. The summed E-state index contributed by atoms with van der Waals surface area (Å²) in [5, 5.41) is 0. The molecule has 23 heavy (non-hydrogen) atoms. The summed E-state index contributed by atoms with van der Waals surface area (Å²) in [5.74, 6) is -0.763. The Balaban J connectivity index is 2.08. The topological polar surface area (TPSA) is 49.9 Å². The van der Waals surface area contributed by atoms with Crippen LogP contribution in [0.15, 0.2) is 30.3 Å². The normalized spacial score (nSPS) is 19.2. The molecule has 1 unspecified atom stereocenters. The molecule has 0 aliphatic carbocycles. The third-order valence-electron chi connectivity index (χ3n) is 3.17. The Morgan fingerprint density at radius 3 is 2.52 bits per heavy atom. The largest absolute Gasteiger partial charge is 0.459 e. The highest BCUT2D eigenvalue weighted by atomic mass is 32.2. The third-order valence-corrected chi connectivity index (χ3v) is 4.24. The lowest BCUT2D eigenvalue weighted by atomic mass is 10.1. The van der Waals surface area contributed by atoms with E-state index in [-0.39, 0.29) is 12.5 Å². The minimum Gasteiger partial charge on any atom is -0.459 e. The van der Waals surface area contributed by atoms with Crippen LogP contribution in [0.3, 0.4) is 0 Å². The number of halogens is 1. The van der Waals surface area contributed by atoms with Crippen molar-refractivity contribution < 1.29 is 18.7 Å². The molecule has 1 saturated heterocycles. The van der Waals surface area contributed by atoms with Gasteiger partial charge in [-0.05, 0) is 32.8 Å². The number of benzene rings is 1. The van der Waals surface area contributed by atoms with E-state index in [1.165, 1.54) is 0 Å². The number of ether oxygens (including phenoxy) is 1. The lowest BCUT2D eigenvalue weighted by Crippen LogP contribution is -2.39. The molecule has 0 radical (unpaired) electrons. The van der Waals surface area contributed by atoms with Gasteiger partial charge in [-0.1, -0.05) is 30.3 Å². The molecule has 1 aromatic rings. The molecule has 7 heteroatoms. The second-order valence-corrected chi connectivity index (χ2v) is 7.36. The zero-order valence-electron chi connectivity index (χ0n) is 13.5. The Kier molecular flexibility index (Phi) is 5.64. The molecule has 0 N–H and O–H groups in total. The van der Waals surface area contributed by atoms with Crippen LogP contribution in [0.25, 0.3) is 0 Å². The molecule has 1 atom stereocenters. The van der Waals surface area contributed by atoms with Gasteiger partial charge in [0.05, 0.1) is 0 Å². The average Bonchev–Trinajstić information content (AvgIpc) is 2.75. The lowest BCUT2D eigenvalue weighted by molar-refractivity contribution is -0.155. The summed E-state index contributed by atoms with van der Waals surface area (Å²) in [7, 11) is 0. The molecule has 0 spiro atoms. The maximum atomic E-state index is 13.0. The van der Waals surface area contributed by atoms with Gasteiger partial charge in [0.15, 0.2) is 6.80 Å². The summed E-state index contributed by atoms with van der Waals surface area (Å²) < 4.78 is 20.9. The van der Waals surface area contributed by atoms with Crippen molar-refractivity contribution in [1.82, 2.24) is 8.61 Å². The summed E-state index contributed by atoms with van der Waals surface area (Å²) >= 11 is 0.942. The molecule has 0 aromatic heterocycles. The quantitative estimate of drug-likeness (QED) is 0.468. The van der Waals surface area contributed by atoms with Gasteiger partial charge >= 0.3 is 5.97 Å². The van der Waals surface area contributed by atoms with E-state index in [0.29, 0.717) is 6.42 Å². The highest BCUT2D eigenvalue weighted by molar-refractivity contribution is 7.95. The monoisotopic (exact) mass is 340 g/mol. The van der Waals surface area contributed by atoms with Gasteiger partial charge in [0.2, 0.25) is 0 Å². The summed E-state index contributed by atoms with van der Waals surface area (Å²) in [5.41, 5.74) is 0.363. The molecule has 1 aliphatic heterocycles. The van der Waals surface area contributed by atoms with Crippen molar-refractivity contribution in [2.75, 3.05) is 13.3 Å². The number of esters is 1. The summed E-state index contributed by atoms with van der Waals surface area (Å²) in [6.45, 7) is 4.38. The molecule has 1 aromatic carbocycles. The van der Waals surface area contributed by atoms with Crippen LogP contribution in [0.5, 0.6) is 0 Å². The molecule has 126 valence electrons.